The van der Waals surface area contributed by atoms with Crippen molar-refractivity contribution >= 4 is 11.9 Å². The van der Waals surface area contributed by atoms with Crippen LogP contribution in [0.4, 0.5) is 0 Å². The molecule has 0 aliphatic rings. The molecule has 33 heavy (non-hydrogen) atoms. The van der Waals surface area contributed by atoms with E-state index in [1.54, 1.807) is 0 Å². The highest BCUT2D eigenvalue weighted by Gasteiger charge is 2.45. The molecule has 3 aromatic carbocycles. The Labute approximate surface area is 195 Å². The van der Waals surface area contributed by atoms with Crippen LogP contribution in [0.1, 0.15) is 42.4 Å². The lowest BCUT2D eigenvalue weighted by atomic mass is 9.68. The minimum atomic E-state index is -1.16. The molecule has 0 aliphatic heterocycles. The zero-order chi connectivity index (χ0) is 23.5. The van der Waals surface area contributed by atoms with Crippen LogP contribution in [0, 0.1) is 11.3 Å². The van der Waals surface area contributed by atoms with E-state index >= 15 is 0 Å². The Balaban J connectivity index is 2.11. The number of unbranched alkanes of at least 4 members (excludes halogenated alkanes) is 2. The van der Waals surface area contributed by atoms with E-state index in [1.807, 2.05) is 91.0 Å². The van der Waals surface area contributed by atoms with E-state index in [2.05, 4.69) is 11.4 Å². The fourth-order valence-electron chi connectivity index (χ4n) is 4.17. The van der Waals surface area contributed by atoms with E-state index in [0.717, 1.165) is 16.7 Å². The summed E-state index contributed by atoms with van der Waals surface area (Å²) < 4.78 is 4.98. The zero-order valence-corrected chi connectivity index (χ0v) is 18.7. The summed E-state index contributed by atoms with van der Waals surface area (Å²) in [4.78, 5) is 26.8. The third-order valence-electron chi connectivity index (χ3n) is 5.78. The van der Waals surface area contributed by atoms with E-state index in [0.29, 0.717) is 25.7 Å². The molecule has 0 aliphatic carbocycles. The molecule has 0 saturated carbocycles. The fourth-order valence-corrected chi connectivity index (χ4v) is 4.17. The van der Waals surface area contributed by atoms with E-state index in [9.17, 15) is 9.59 Å². The molecule has 0 fully saturated rings. The number of methoxy groups -OCH3 is 1. The summed E-state index contributed by atoms with van der Waals surface area (Å²) in [5, 5.41) is 11.8. The smallest absolute Gasteiger partial charge is 0.328 e. The van der Waals surface area contributed by atoms with Crippen LogP contribution in [0.15, 0.2) is 91.0 Å². The first-order valence-corrected chi connectivity index (χ1v) is 11.1. The minimum absolute atomic E-state index is 0.304. The molecular formula is C28H28N2O3. The van der Waals surface area contributed by atoms with Gasteiger partial charge in [0.15, 0.2) is 0 Å². The van der Waals surface area contributed by atoms with Crippen molar-refractivity contribution in [3.05, 3.63) is 108 Å². The number of ether oxygens (including phenoxy) is 1. The Morgan fingerprint density at radius 2 is 1.30 bits per heavy atom. The van der Waals surface area contributed by atoms with Crippen molar-refractivity contribution in [3.63, 3.8) is 0 Å². The molecule has 0 radical (unpaired) electrons. The van der Waals surface area contributed by atoms with Crippen molar-refractivity contribution in [3.8, 4) is 6.07 Å². The van der Waals surface area contributed by atoms with Crippen LogP contribution in [0.2, 0.25) is 0 Å². The Morgan fingerprint density at radius 3 is 1.70 bits per heavy atom. The lowest BCUT2D eigenvalue weighted by Gasteiger charge is -2.35. The predicted molar refractivity (Wildman–Crippen MR) is 127 cm³/mol. The Hall–Kier alpha value is -3.91. The lowest BCUT2D eigenvalue weighted by molar-refractivity contribution is -0.145. The Kier molecular flexibility index (Phi) is 8.37. The molecule has 0 bridgehead atoms. The van der Waals surface area contributed by atoms with Gasteiger partial charge in [0.1, 0.15) is 11.5 Å². The Bertz CT molecular complexity index is 980. The third kappa shape index (κ3) is 5.30. The van der Waals surface area contributed by atoms with Crippen LogP contribution < -0.4 is 5.32 Å². The number of amides is 1. The average molecular weight is 441 g/mol. The average Bonchev–Trinajstić information content (AvgIpc) is 2.88. The summed E-state index contributed by atoms with van der Waals surface area (Å²) in [6.45, 7) is 0. The second kappa shape index (κ2) is 11.6. The number of hydrogen-bond acceptors (Lipinski definition) is 4. The second-order valence-corrected chi connectivity index (χ2v) is 7.80. The first-order valence-electron chi connectivity index (χ1n) is 11.1. The van der Waals surface area contributed by atoms with Gasteiger partial charge in [-0.15, -0.1) is 0 Å². The van der Waals surface area contributed by atoms with Crippen molar-refractivity contribution in [2.24, 2.45) is 0 Å². The first kappa shape index (κ1) is 23.7. The quantitative estimate of drug-likeness (QED) is 0.280. The maximum atomic E-state index is 14.2. The normalized spacial score (nSPS) is 11.8. The van der Waals surface area contributed by atoms with E-state index in [4.69, 9.17) is 10.00 Å². The number of benzene rings is 3. The van der Waals surface area contributed by atoms with Gasteiger partial charge < -0.3 is 10.1 Å². The summed E-state index contributed by atoms with van der Waals surface area (Å²) in [7, 11) is 1.32. The highest BCUT2D eigenvalue weighted by Crippen LogP contribution is 2.39. The predicted octanol–water partition coefficient (Wildman–Crippen LogP) is 4.76. The van der Waals surface area contributed by atoms with E-state index < -0.39 is 17.4 Å². The second-order valence-electron chi connectivity index (χ2n) is 7.80. The summed E-state index contributed by atoms with van der Waals surface area (Å²) in [5.74, 6) is -0.801. The molecule has 1 N–H and O–H groups in total. The van der Waals surface area contributed by atoms with Gasteiger partial charge in [-0.3, -0.25) is 4.79 Å². The molecule has 0 aromatic heterocycles. The number of carbonyl (C=O) groups excluding carboxylic acids is 2. The van der Waals surface area contributed by atoms with Gasteiger partial charge in [0.2, 0.25) is 5.91 Å². The van der Waals surface area contributed by atoms with Gasteiger partial charge in [-0.05, 0) is 36.0 Å². The highest BCUT2D eigenvalue weighted by atomic mass is 16.5. The van der Waals surface area contributed by atoms with Crippen molar-refractivity contribution in [1.29, 1.82) is 5.26 Å². The van der Waals surface area contributed by atoms with Crippen molar-refractivity contribution < 1.29 is 14.3 Å². The van der Waals surface area contributed by atoms with Crippen LogP contribution in [0.5, 0.6) is 0 Å². The van der Waals surface area contributed by atoms with Crippen molar-refractivity contribution in [1.82, 2.24) is 5.32 Å². The molecule has 3 rings (SSSR count). The molecule has 0 heterocycles. The topological polar surface area (TPSA) is 79.2 Å². The molecule has 0 spiro atoms. The number of nitriles is 1. The molecule has 1 amide bonds. The monoisotopic (exact) mass is 440 g/mol. The molecule has 168 valence electrons. The maximum Gasteiger partial charge on any atom is 0.328 e. The van der Waals surface area contributed by atoms with Gasteiger partial charge >= 0.3 is 5.97 Å². The number of esters is 1. The fraction of sp³-hybridized carbons (Fsp3) is 0.250. The number of nitrogens with one attached hydrogen (secondary N) is 1. The van der Waals surface area contributed by atoms with Gasteiger partial charge in [0, 0.05) is 6.42 Å². The van der Waals surface area contributed by atoms with Gasteiger partial charge in [-0.2, -0.15) is 5.26 Å². The molecule has 0 saturated heterocycles. The molecule has 3 aromatic rings. The highest BCUT2D eigenvalue weighted by molar-refractivity contribution is 5.98. The number of nitrogens with zero attached hydrogens (tertiary/aromatic N) is 1. The van der Waals surface area contributed by atoms with Crippen LogP contribution in [-0.2, 0) is 19.7 Å². The summed E-state index contributed by atoms with van der Waals surface area (Å²) in [6.07, 6.45) is 2.09. The zero-order valence-electron chi connectivity index (χ0n) is 18.7. The molecule has 5 heteroatoms. The first-order chi connectivity index (χ1) is 16.1. The maximum absolute atomic E-state index is 14.2. The van der Waals surface area contributed by atoms with Gasteiger partial charge in [-0.1, -0.05) is 91.0 Å². The number of hydrogen-bond donors (Lipinski definition) is 1. The molecular weight excluding hydrogens is 412 g/mol. The summed E-state index contributed by atoms with van der Waals surface area (Å²) in [5.41, 5.74) is 1.23. The van der Waals surface area contributed by atoms with Crippen LogP contribution >= 0.6 is 0 Å². The van der Waals surface area contributed by atoms with E-state index in [-0.39, 0.29) is 5.91 Å². The SMILES string of the molecule is COC(=O)[C@@H](CCCCC#N)NC(=O)C(c1ccccc1)(c1ccccc1)c1ccccc1. The van der Waals surface area contributed by atoms with Crippen LogP contribution in [0.25, 0.3) is 0 Å². The third-order valence-corrected chi connectivity index (χ3v) is 5.78. The molecule has 1 atom stereocenters. The van der Waals surface area contributed by atoms with E-state index in [1.165, 1.54) is 7.11 Å². The minimum Gasteiger partial charge on any atom is -0.467 e. The van der Waals surface area contributed by atoms with Crippen molar-refractivity contribution in [2.75, 3.05) is 7.11 Å². The van der Waals surface area contributed by atoms with Gasteiger partial charge in [-0.25, -0.2) is 4.79 Å². The van der Waals surface area contributed by atoms with Crippen LogP contribution in [-0.4, -0.2) is 25.0 Å². The Morgan fingerprint density at radius 1 is 0.848 bits per heavy atom. The van der Waals surface area contributed by atoms with Gasteiger partial charge in [0.25, 0.3) is 0 Å². The summed E-state index contributed by atoms with van der Waals surface area (Å²) in [6, 6.07) is 30.1. The van der Waals surface area contributed by atoms with Gasteiger partial charge in [0.05, 0.1) is 13.2 Å². The lowest BCUT2D eigenvalue weighted by Crippen LogP contribution is -2.52. The largest absolute Gasteiger partial charge is 0.467 e. The number of rotatable bonds is 10. The summed E-state index contributed by atoms with van der Waals surface area (Å²) >= 11 is 0. The number of carbonyl (C=O) groups is 2. The molecule has 5 nitrogen and oxygen atoms in total. The standard InChI is InChI=1S/C28H28N2O3/c1-33-26(31)25(20-12-5-13-21-29)30-27(32)28(22-14-6-2-7-15-22,23-16-8-3-9-17-23)24-18-10-4-11-19-24/h2-4,6-11,14-19,25H,5,12-13,20H2,1H3,(H,30,32)/t25-/m1/s1. The molecule has 0 unspecified atom stereocenters. The van der Waals surface area contributed by atoms with Crippen LogP contribution in [0.3, 0.4) is 0 Å². The van der Waals surface area contributed by atoms with Crippen molar-refractivity contribution in [2.45, 2.75) is 37.1 Å².